The molecule has 0 fully saturated rings. The van der Waals surface area contributed by atoms with E-state index in [-0.39, 0.29) is 24.0 Å². The van der Waals surface area contributed by atoms with Crippen LogP contribution in [0.4, 0.5) is 0 Å². The second kappa shape index (κ2) is 16.4. The van der Waals surface area contributed by atoms with Crippen molar-refractivity contribution in [3.63, 3.8) is 0 Å². The first kappa shape index (κ1) is 24.0. The lowest BCUT2D eigenvalue weighted by molar-refractivity contribution is 0.322. The Morgan fingerprint density at radius 3 is 2.28 bits per heavy atom. The van der Waals surface area contributed by atoms with Crippen LogP contribution in [-0.2, 0) is 0 Å². The van der Waals surface area contributed by atoms with Crippen LogP contribution in [0.3, 0.4) is 0 Å². The van der Waals surface area contributed by atoms with Gasteiger partial charge >= 0.3 is 0 Å². The Morgan fingerprint density at radius 1 is 0.960 bits per heavy atom. The molecule has 0 aliphatic rings. The van der Waals surface area contributed by atoms with Crippen LogP contribution in [0, 0.1) is 0 Å². The van der Waals surface area contributed by atoms with Gasteiger partial charge in [0.25, 0.3) is 0 Å². The van der Waals surface area contributed by atoms with E-state index in [0.717, 1.165) is 24.8 Å². The van der Waals surface area contributed by atoms with Gasteiger partial charge in [-0.2, -0.15) is 0 Å². The Morgan fingerprint density at radius 2 is 1.60 bits per heavy atom. The van der Waals surface area contributed by atoms with E-state index < -0.39 is 0 Å². The first-order valence-electron chi connectivity index (χ1n) is 8.99. The van der Waals surface area contributed by atoms with Crippen LogP contribution in [0.2, 0.25) is 0 Å². The average Bonchev–Trinajstić information content (AvgIpc) is 2.59. The molecule has 0 saturated carbocycles. The minimum Gasteiger partial charge on any atom is -0.492 e. The normalized spacial score (nSPS) is 11.1. The zero-order valence-corrected chi connectivity index (χ0v) is 18.3. The van der Waals surface area contributed by atoms with Crippen LogP contribution < -0.4 is 15.4 Å². The zero-order chi connectivity index (χ0) is 17.5. The summed E-state index contributed by atoms with van der Waals surface area (Å²) in [7, 11) is 6.06. The average molecular weight is 462 g/mol. The van der Waals surface area contributed by atoms with E-state index in [0.29, 0.717) is 6.61 Å². The van der Waals surface area contributed by atoms with Gasteiger partial charge in [0.05, 0.1) is 6.54 Å². The quantitative estimate of drug-likeness (QED) is 0.217. The van der Waals surface area contributed by atoms with Gasteiger partial charge in [0.2, 0.25) is 0 Å². The van der Waals surface area contributed by atoms with Crippen molar-refractivity contribution in [3.05, 3.63) is 30.3 Å². The van der Waals surface area contributed by atoms with Gasteiger partial charge in [-0.1, -0.05) is 37.5 Å². The Balaban J connectivity index is 0.00000576. The molecule has 0 amide bonds. The van der Waals surface area contributed by atoms with Crippen LogP contribution in [0.5, 0.6) is 5.75 Å². The number of hydrogen-bond donors (Lipinski definition) is 2. The van der Waals surface area contributed by atoms with Gasteiger partial charge in [-0.25, -0.2) is 0 Å². The summed E-state index contributed by atoms with van der Waals surface area (Å²) < 4.78 is 5.65. The molecule has 0 bridgehead atoms. The van der Waals surface area contributed by atoms with Gasteiger partial charge in [0.15, 0.2) is 5.96 Å². The summed E-state index contributed by atoms with van der Waals surface area (Å²) in [6.45, 7) is 3.52. The van der Waals surface area contributed by atoms with Crippen molar-refractivity contribution in [1.82, 2.24) is 15.5 Å². The number of rotatable bonds is 12. The lowest BCUT2D eigenvalue weighted by Crippen LogP contribution is -2.39. The predicted octanol–water partition coefficient (Wildman–Crippen LogP) is 3.36. The first-order chi connectivity index (χ1) is 11.7. The molecule has 1 aromatic carbocycles. The maximum Gasteiger partial charge on any atom is 0.191 e. The third kappa shape index (κ3) is 13.9. The van der Waals surface area contributed by atoms with Gasteiger partial charge in [0.1, 0.15) is 12.4 Å². The van der Waals surface area contributed by atoms with E-state index in [2.05, 4.69) is 34.6 Å². The van der Waals surface area contributed by atoms with E-state index in [1.807, 2.05) is 30.3 Å². The molecule has 0 saturated heterocycles. The van der Waals surface area contributed by atoms with E-state index in [9.17, 15) is 0 Å². The number of hydrogen-bond acceptors (Lipinski definition) is 3. The standard InChI is InChI=1S/C19H34N4O.HI/c1-20-19(21-14-10-5-4-6-11-16-23(2)3)22-15-17-24-18-12-8-7-9-13-18;/h7-9,12-13H,4-6,10-11,14-17H2,1-3H3,(H2,20,21,22);1H. The Hall–Kier alpha value is -1.02. The summed E-state index contributed by atoms with van der Waals surface area (Å²) in [6, 6.07) is 9.86. The molecule has 0 aromatic heterocycles. The van der Waals surface area contributed by atoms with Crippen LogP contribution in [0.15, 0.2) is 35.3 Å². The molecule has 0 atom stereocenters. The molecule has 1 rings (SSSR count). The summed E-state index contributed by atoms with van der Waals surface area (Å²) in [6.07, 6.45) is 6.39. The van der Waals surface area contributed by atoms with Crippen LogP contribution in [0.25, 0.3) is 0 Å². The fourth-order valence-electron chi connectivity index (χ4n) is 2.37. The highest BCUT2D eigenvalue weighted by molar-refractivity contribution is 14.0. The van der Waals surface area contributed by atoms with Crippen LogP contribution in [0.1, 0.15) is 32.1 Å². The molecule has 6 heteroatoms. The number of guanidine groups is 1. The topological polar surface area (TPSA) is 48.9 Å². The number of halogens is 1. The summed E-state index contributed by atoms with van der Waals surface area (Å²) in [4.78, 5) is 6.48. The Bertz CT molecular complexity index is 440. The molecular formula is C19H35IN4O. The lowest BCUT2D eigenvalue weighted by Gasteiger charge is -2.12. The van der Waals surface area contributed by atoms with Crippen molar-refractivity contribution in [1.29, 1.82) is 0 Å². The molecule has 1 aromatic rings. The molecule has 0 spiro atoms. The minimum absolute atomic E-state index is 0. The highest BCUT2D eigenvalue weighted by atomic mass is 127. The highest BCUT2D eigenvalue weighted by Crippen LogP contribution is 2.07. The smallest absolute Gasteiger partial charge is 0.191 e. The van der Waals surface area contributed by atoms with Gasteiger partial charge in [-0.3, -0.25) is 4.99 Å². The molecule has 0 radical (unpaired) electrons. The Labute approximate surface area is 170 Å². The monoisotopic (exact) mass is 462 g/mol. The van der Waals surface area contributed by atoms with Gasteiger partial charge < -0.3 is 20.3 Å². The minimum atomic E-state index is 0. The van der Waals surface area contributed by atoms with Gasteiger partial charge in [-0.05, 0) is 45.6 Å². The fraction of sp³-hybridized carbons (Fsp3) is 0.632. The van der Waals surface area contributed by atoms with Gasteiger partial charge in [-0.15, -0.1) is 24.0 Å². The number of nitrogens with zero attached hydrogens (tertiary/aromatic N) is 2. The number of para-hydroxylation sites is 1. The highest BCUT2D eigenvalue weighted by Gasteiger charge is 1.98. The fourth-order valence-corrected chi connectivity index (χ4v) is 2.37. The molecule has 0 aliphatic heterocycles. The third-order valence-corrected chi connectivity index (χ3v) is 3.70. The molecule has 5 nitrogen and oxygen atoms in total. The molecule has 2 N–H and O–H groups in total. The third-order valence-electron chi connectivity index (χ3n) is 3.70. The summed E-state index contributed by atoms with van der Waals surface area (Å²) in [5.74, 6) is 1.75. The number of ether oxygens (including phenoxy) is 1. The lowest BCUT2D eigenvalue weighted by atomic mass is 10.1. The number of nitrogens with one attached hydrogen (secondary N) is 2. The number of aliphatic imine (C=N–C) groups is 1. The van der Waals surface area contributed by atoms with E-state index >= 15 is 0 Å². The number of benzene rings is 1. The summed E-state index contributed by atoms with van der Waals surface area (Å²) >= 11 is 0. The van der Waals surface area contributed by atoms with Crippen molar-refractivity contribution in [2.24, 2.45) is 4.99 Å². The van der Waals surface area contributed by atoms with Gasteiger partial charge in [0, 0.05) is 13.6 Å². The SMILES string of the molecule is CN=C(NCCCCCCCN(C)C)NCCOc1ccccc1.I. The van der Waals surface area contributed by atoms with Crippen molar-refractivity contribution in [2.45, 2.75) is 32.1 Å². The molecule has 0 heterocycles. The van der Waals surface area contributed by atoms with Crippen molar-refractivity contribution in [3.8, 4) is 5.75 Å². The maximum absolute atomic E-state index is 5.65. The van der Waals surface area contributed by atoms with E-state index in [1.54, 1.807) is 7.05 Å². The molecule has 144 valence electrons. The van der Waals surface area contributed by atoms with E-state index in [4.69, 9.17) is 4.74 Å². The largest absolute Gasteiger partial charge is 0.492 e. The first-order valence-corrected chi connectivity index (χ1v) is 8.99. The molecular weight excluding hydrogens is 427 g/mol. The maximum atomic E-state index is 5.65. The van der Waals surface area contributed by atoms with Crippen LogP contribution in [-0.4, -0.2) is 58.2 Å². The van der Waals surface area contributed by atoms with Crippen molar-refractivity contribution >= 4 is 29.9 Å². The molecule has 25 heavy (non-hydrogen) atoms. The summed E-state index contributed by atoms with van der Waals surface area (Å²) in [5, 5.41) is 6.62. The van der Waals surface area contributed by atoms with Crippen molar-refractivity contribution in [2.75, 3.05) is 47.4 Å². The zero-order valence-electron chi connectivity index (χ0n) is 16.0. The van der Waals surface area contributed by atoms with E-state index in [1.165, 1.54) is 38.6 Å². The van der Waals surface area contributed by atoms with Crippen LogP contribution >= 0.6 is 24.0 Å². The molecule has 0 aliphatic carbocycles. The summed E-state index contributed by atoms with van der Waals surface area (Å²) in [5.41, 5.74) is 0. The second-order valence-electron chi connectivity index (χ2n) is 6.16. The Kier molecular flexibility index (Phi) is 15.8. The second-order valence-corrected chi connectivity index (χ2v) is 6.16. The van der Waals surface area contributed by atoms with Crippen molar-refractivity contribution < 1.29 is 4.74 Å². The predicted molar refractivity (Wildman–Crippen MR) is 118 cm³/mol. The number of unbranched alkanes of at least 4 members (excludes halogenated alkanes) is 4. The molecule has 0 unspecified atom stereocenters.